The van der Waals surface area contributed by atoms with Gasteiger partial charge in [-0.2, -0.15) is 0 Å². The molecular formula is C25H20N4. The largest absolute Gasteiger partial charge is 0.289 e. The van der Waals surface area contributed by atoms with Crippen molar-refractivity contribution in [2.45, 2.75) is 26.2 Å². The van der Waals surface area contributed by atoms with Gasteiger partial charge in [-0.25, -0.2) is 4.85 Å². The van der Waals surface area contributed by atoms with E-state index in [4.69, 9.17) is 6.57 Å². The van der Waals surface area contributed by atoms with Gasteiger partial charge in [0.05, 0.1) is 12.3 Å². The van der Waals surface area contributed by atoms with E-state index < -0.39 is 0 Å². The summed E-state index contributed by atoms with van der Waals surface area (Å²) in [5.74, 6) is 1.52. The molecule has 0 radical (unpaired) electrons. The summed E-state index contributed by atoms with van der Waals surface area (Å²) in [5, 5.41) is 8.79. The molecule has 0 aliphatic heterocycles. The molecule has 0 amide bonds. The van der Waals surface area contributed by atoms with Crippen LogP contribution in [0, 0.1) is 13.5 Å². The Balaban J connectivity index is 1.72. The maximum Gasteiger partial charge on any atom is 0.210 e. The molecular weight excluding hydrogens is 356 g/mol. The molecule has 5 rings (SSSR count). The van der Waals surface area contributed by atoms with Crippen molar-refractivity contribution < 1.29 is 0 Å². The van der Waals surface area contributed by atoms with Crippen LogP contribution in [0.5, 0.6) is 0 Å². The minimum Gasteiger partial charge on any atom is -0.289 e. The third-order valence-electron chi connectivity index (χ3n) is 5.91. The first kappa shape index (κ1) is 17.4. The number of benzene rings is 3. The van der Waals surface area contributed by atoms with Crippen molar-refractivity contribution >= 4 is 5.69 Å². The fraction of sp³-hybridized carbons (Fsp3) is 0.160. The monoisotopic (exact) mass is 376 g/mol. The van der Waals surface area contributed by atoms with Gasteiger partial charge in [-0.3, -0.25) is 4.57 Å². The summed E-state index contributed by atoms with van der Waals surface area (Å²) in [7, 11) is 0. The van der Waals surface area contributed by atoms with E-state index in [-0.39, 0.29) is 5.41 Å². The number of hydrogen-bond donors (Lipinski definition) is 0. The van der Waals surface area contributed by atoms with Crippen LogP contribution in [-0.2, 0) is 5.41 Å². The molecule has 4 heteroatoms. The Morgan fingerprint density at radius 3 is 2.41 bits per heavy atom. The van der Waals surface area contributed by atoms with E-state index in [9.17, 15) is 0 Å². The zero-order chi connectivity index (χ0) is 20.2. The first-order chi connectivity index (χ1) is 14.0. The zero-order valence-corrected chi connectivity index (χ0v) is 16.6. The maximum atomic E-state index is 7.53. The summed E-state index contributed by atoms with van der Waals surface area (Å²) in [6, 6.07) is 22.7. The number of nitrogens with zero attached hydrogens (tertiary/aromatic N) is 4. The molecule has 140 valence electrons. The third kappa shape index (κ3) is 2.44. The van der Waals surface area contributed by atoms with Gasteiger partial charge in [0.15, 0.2) is 5.82 Å². The van der Waals surface area contributed by atoms with Gasteiger partial charge >= 0.3 is 0 Å². The van der Waals surface area contributed by atoms with Crippen LogP contribution in [0.15, 0.2) is 66.7 Å². The summed E-state index contributed by atoms with van der Waals surface area (Å²) in [6.07, 6.45) is 0. The first-order valence-corrected chi connectivity index (χ1v) is 9.66. The molecule has 0 spiro atoms. The van der Waals surface area contributed by atoms with Gasteiger partial charge in [0.1, 0.15) is 5.82 Å². The van der Waals surface area contributed by atoms with E-state index in [2.05, 4.69) is 71.4 Å². The quantitative estimate of drug-likeness (QED) is 0.396. The molecule has 1 aromatic heterocycles. The second-order valence-electron chi connectivity index (χ2n) is 7.94. The molecule has 0 fully saturated rings. The van der Waals surface area contributed by atoms with Crippen LogP contribution in [-0.4, -0.2) is 14.8 Å². The highest BCUT2D eigenvalue weighted by Crippen LogP contribution is 2.49. The predicted octanol–water partition coefficient (Wildman–Crippen LogP) is 6.10. The van der Waals surface area contributed by atoms with Gasteiger partial charge < -0.3 is 0 Å². The molecule has 0 saturated carbocycles. The molecule has 4 aromatic rings. The van der Waals surface area contributed by atoms with Crippen LogP contribution >= 0.6 is 0 Å². The Bertz CT molecular complexity index is 1300. The van der Waals surface area contributed by atoms with Crippen LogP contribution < -0.4 is 0 Å². The Morgan fingerprint density at radius 2 is 1.59 bits per heavy atom. The fourth-order valence-electron chi connectivity index (χ4n) is 4.43. The van der Waals surface area contributed by atoms with Gasteiger partial charge in [-0.15, -0.1) is 10.2 Å². The molecule has 1 aliphatic rings. The maximum absolute atomic E-state index is 7.53. The highest BCUT2D eigenvalue weighted by Gasteiger charge is 2.35. The highest BCUT2D eigenvalue weighted by molar-refractivity contribution is 5.83. The lowest BCUT2D eigenvalue weighted by atomic mass is 9.82. The lowest BCUT2D eigenvalue weighted by Gasteiger charge is -2.22. The summed E-state index contributed by atoms with van der Waals surface area (Å²) in [4.78, 5) is 3.68. The number of aryl methyl sites for hydroxylation is 1. The summed E-state index contributed by atoms with van der Waals surface area (Å²) in [6.45, 7) is 14.0. The molecule has 3 aromatic carbocycles. The van der Waals surface area contributed by atoms with E-state index in [0.717, 1.165) is 22.9 Å². The lowest BCUT2D eigenvalue weighted by Crippen LogP contribution is -2.15. The van der Waals surface area contributed by atoms with Crippen molar-refractivity contribution in [1.82, 2.24) is 14.8 Å². The van der Waals surface area contributed by atoms with Crippen LogP contribution in [0.4, 0.5) is 5.69 Å². The van der Waals surface area contributed by atoms with E-state index in [1.165, 1.54) is 22.3 Å². The van der Waals surface area contributed by atoms with Gasteiger partial charge in [0, 0.05) is 11.0 Å². The predicted molar refractivity (Wildman–Crippen MR) is 115 cm³/mol. The first-order valence-electron chi connectivity index (χ1n) is 9.66. The Kier molecular flexibility index (Phi) is 3.69. The molecule has 4 nitrogen and oxygen atoms in total. The Hall–Kier alpha value is -3.71. The minimum atomic E-state index is -0.0732. The van der Waals surface area contributed by atoms with E-state index in [1.54, 1.807) is 0 Å². The molecule has 0 saturated heterocycles. The van der Waals surface area contributed by atoms with Crippen LogP contribution in [0.3, 0.4) is 0 Å². The lowest BCUT2D eigenvalue weighted by molar-refractivity contribution is 0.660. The molecule has 0 unspecified atom stereocenters. The molecule has 0 atom stereocenters. The van der Waals surface area contributed by atoms with E-state index in [0.29, 0.717) is 5.69 Å². The molecule has 29 heavy (non-hydrogen) atoms. The second kappa shape index (κ2) is 6.15. The standard InChI is InChI=1S/C25H20N4/c1-16-27-28-24(29(16)23-12-8-7-11-22(23)26-4)17-13-14-19-18-9-5-6-10-20(18)25(2,3)21(19)15-17/h5-15H,1-3H3. The van der Waals surface area contributed by atoms with Gasteiger partial charge in [0.2, 0.25) is 5.69 Å². The Labute approximate surface area is 170 Å². The smallest absolute Gasteiger partial charge is 0.210 e. The van der Waals surface area contributed by atoms with Crippen LogP contribution in [0.25, 0.3) is 33.0 Å². The minimum absolute atomic E-state index is 0.0732. The van der Waals surface area contributed by atoms with Crippen molar-refractivity contribution in [3.8, 4) is 28.2 Å². The van der Waals surface area contributed by atoms with E-state index in [1.807, 2.05) is 35.8 Å². The molecule has 1 aliphatic carbocycles. The van der Waals surface area contributed by atoms with Gasteiger partial charge in [-0.05, 0) is 41.3 Å². The average molecular weight is 376 g/mol. The second-order valence-corrected chi connectivity index (χ2v) is 7.94. The number of para-hydroxylation sites is 2. The number of rotatable bonds is 2. The highest BCUT2D eigenvalue weighted by atomic mass is 15.3. The van der Waals surface area contributed by atoms with Crippen molar-refractivity contribution in [1.29, 1.82) is 0 Å². The van der Waals surface area contributed by atoms with Gasteiger partial charge in [-0.1, -0.05) is 68.4 Å². The Morgan fingerprint density at radius 1 is 0.862 bits per heavy atom. The summed E-state index contributed by atoms with van der Waals surface area (Å²) >= 11 is 0. The van der Waals surface area contributed by atoms with Crippen molar-refractivity contribution in [2.75, 3.05) is 0 Å². The van der Waals surface area contributed by atoms with Crippen molar-refractivity contribution in [3.63, 3.8) is 0 Å². The van der Waals surface area contributed by atoms with Crippen LogP contribution in [0.1, 0.15) is 30.8 Å². The molecule has 1 heterocycles. The van der Waals surface area contributed by atoms with Crippen LogP contribution in [0.2, 0.25) is 0 Å². The van der Waals surface area contributed by atoms with Gasteiger partial charge in [0.25, 0.3) is 0 Å². The number of hydrogen-bond acceptors (Lipinski definition) is 2. The number of aromatic nitrogens is 3. The molecule has 0 N–H and O–H groups in total. The summed E-state index contributed by atoms with van der Waals surface area (Å²) < 4.78 is 1.98. The third-order valence-corrected chi connectivity index (χ3v) is 5.91. The fourth-order valence-corrected chi connectivity index (χ4v) is 4.43. The SMILES string of the molecule is [C-]#[N+]c1ccccc1-n1c(C)nnc1-c1ccc2c(c1)C(C)(C)c1ccccc1-2. The van der Waals surface area contributed by atoms with Crippen molar-refractivity contribution in [2.24, 2.45) is 0 Å². The van der Waals surface area contributed by atoms with Crippen molar-refractivity contribution in [3.05, 3.63) is 95.1 Å². The topological polar surface area (TPSA) is 35.1 Å². The molecule has 0 bridgehead atoms. The van der Waals surface area contributed by atoms with E-state index >= 15 is 0 Å². The number of fused-ring (bicyclic) bond motifs is 3. The normalized spacial score (nSPS) is 13.6. The summed E-state index contributed by atoms with van der Waals surface area (Å²) in [5.41, 5.74) is 7.55. The average Bonchev–Trinajstić information content (AvgIpc) is 3.24. The zero-order valence-electron chi connectivity index (χ0n) is 16.6.